The first-order chi connectivity index (χ1) is 8.33. The minimum atomic E-state index is 0.846. The quantitative estimate of drug-likeness (QED) is 0.723. The maximum absolute atomic E-state index is 4.42. The Morgan fingerprint density at radius 3 is 3.00 bits per heavy atom. The van der Waals surface area contributed by atoms with Gasteiger partial charge in [0.15, 0.2) is 0 Å². The molecular formula is C12H11N3S2. The molecule has 0 atom stereocenters. The molecule has 0 aliphatic rings. The summed E-state index contributed by atoms with van der Waals surface area (Å²) < 4.78 is 2.17. The Morgan fingerprint density at radius 2 is 2.29 bits per heavy atom. The summed E-state index contributed by atoms with van der Waals surface area (Å²) in [7, 11) is 0. The van der Waals surface area contributed by atoms with Gasteiger partial charge in [-0.1, -0.05) is 6.07 Å². The summed E-state index contributed by atoms with van der Waals surface area (Å²) in [4.78, 5) is 11.2. The van der Waals surface area contributed by atoms with Crippen LogP contribution in [0.15, 0.2) is 36.1 Å². The van der Waals surface area contributed by atoms with Crippen LogP contribution in [0.3, 0.4) is 0 Å². The molecule has 5 heteroatoms. The first-order valence-corrected chi connectivity index (χ1v) is 6.99. The summed E-state index contributed by atoms with van der Waals surface area (Å²) in [5, 5.41) is 3.18. The van der Waals surface area contributed by atoms with Crippen molar-refractivity contribution in [3.8, 4) is 10.7 Å². The van der Waals surface area contributed by atoms with Crippen LogP contribution in [0, 0.1) is 6.92 Å². The fraction of sp³-hybridized carbons (Fsp3) is 0.167. The van der Waals surface area contributed by atoms with Gasteiger partial charge in [0.25, 0.3) is 0 Å². The van der Waals surface area contributed by atoms with Gasteiger partial charge in [0.1, 0.15) is 5.82 Å². The molecule has 3 nitrogen and oxygen atoms in total. The van der Waals surface area contributed by atoms with Crippen LogP contribution in [0.5, 0.6) is 0 Å². The van der Waals surface area contributed by atoms with E-state index in [9.17, 15) is 0 Å². The molecule has 0 aromatic carbocycles. The highest BCUT2D eigenvalue weighted by Crippen LogP contribution is 2.24. The zero-order valence-electron chi connectivity index (χ0n) is 9.33. The lowest BCUT2D eigenvalue weighted by Gasteiger charge is -2.03. The lowest BCUT2D eigenvalue weighted by molar-refractivity contribution is 0.819. The number of aryl methyl sites for hydroxylation is 1. The number of rotatable bonds is 3. The number of nitrogens with zero attached hydrogens (tertiary/aromatic N) is 3. The second-order valence-corrected chi connectivity index (χ2v) is 5.97. The molecule has 3 aromatic heterocycles. The molecule has 0 saturated carbocycles. The second-order valence-electron chi connectivity index (χ2n) is 3.70. The van der Waals surface area contributed by atoms with Crippen molar-refractivity contribution in [1.29, 1.82) is 0 Å². The van der Waals surface area contributed by atoms with Gasteiger partial charge in [-0.05, 0) is 18.4 Å². The van der Waals surface area contributed by atoms with Crippen LogP contribution in [0.25, 0.3) is 10.7 Å². The van der Waals surface area contributed by atoms with Gasteiger partial charge in [-0.2, -0.15) is 0 Å². The molecule has 3 aromatic rings. The number of aromatic nitrogens is 3. The van der Waals surface area contributed by atoms with Crippen molar-refractivity contribution in [2.45, 2.75) is 13.5 Å². The van der Waals surface area contributed by atoms with Crippen LogP contribution in [0.4, 0.5) is 0 Å². The Hall–Kier alpha value is -1.46. The predicted octanol–water partition coefficient (Wildman–Crippen LogP) is 3.42. The first-order valence-electron chi connectivity index (χ1n) is 5.29. The van der Waals surface area contributed by atoms with Gasteiger partial charge >= 0.3 is 0 Å². The molecule has 3 heterocycles. The third-order valence-electron chi connectivity index (χ3n) is 2.45. The fourth-order valence-electron chi connectivity index (χ4n) is 1.71. The van der Waals surface area contributed by atoms with Crippen molar-refractivity contribution in [2.24, 2.45) is 0 Å². The third kappa shape index (κ3) is 2.16. The lowest BCUT2D eigenvalue weighted by Crippen LogP contribution is -1.98. The molecule has 0 aliphatic carbocycles. The normalized spacial score (nSPS) is 10.9. The van der Waals surface area contributed by atoms with Gasteiger partial charge in [-0.15, -0.1) is 22.7 Å². The van der Waals surface area contributed by atoms with Gasteiger partial charge in [0.2, 0.25) is 0 Å². The lowest BCUT2D eigenvalue weighted by atomic mass is 10.4. The molecule has 17 heavy (non-hydrogen) atoms. The summed E-state index contributed by atoms with van der Waals surface area (Å²) in [6, 6.07) is 4.15. The van der Waals surface area contributed by atoms with E-state index in [4.69, 9.17) is 0 Å². The number of hydrogen-bond donors (Lipinski definition) is 0. The van der Waals surface area contributed by atoms with E-state index >= 15 is 0 Å². The van der Waals surface area contributed by atoms with Crippen molar-refractivity contribution in [3.63, 3.8) is 0 Å². The highest BCUT2D eigenvalue weighted by Gasteiger charge is 2.08. The van der Waals surface area contributed by atoms with Gasteiger partial charge < -0.3 is 4.57 Å². The van der Waals surface area contributed by atoms with Gasteiger partial charge in [-0.3, -0.25) is 0 Å². The molecule has 3 rings (SSSR count). The molecule has 0 fully saturated rings. The topological polar surface area (TPSA) is 30.7 Å². The van der Waals surface area contributed by atoms with E-state index in [1.807, 2.05) is 25.5 Å². The SMILES string of the molecule is Cc1ncc(Cn2ccnc2-c2cccs2)s1. The summed E-state index contributed by atoms with van der Waals surface area (Å²) in [5.41, 5.74) is 0. The highest BCUT2D eigenvalue weighted by atomic mass is 32.1. The summed E-state index contributed by atoms with van der Waals surface area (Å²) in [6.07, 6.45) is 5.81. The third-order valence-corrected chi connectivity index (χ3v) is 4.22. The van der Waals surface area contributed by atoms with Crippen molar-refractivity contribution in [3.05, 3.63) is 46.0 Å². The Labute approximate surface area is 107 Å². The largest absolute Gasteiger partial charge is 0.325 e. The van der Waals surface area contributed by atoms with Crippen LogP contribution >= 0.6 is 22.7 Å². The molecule has 86 valence electrons. The zero-order valence-corrected chi connectivity index (χ0v) is 11.0. The van der Waals surface area contributed by atoms with Crippen LogP contribution < -0.4 is 0 Å². The number of thiazole rings is 1. The number of thiophene rings is 1. The van der Waals surface area contributed by atoms with E-state index < -0.39 is 0 Å². The van der Waals surface area contributed by atoms with E-state index in [2.05, 4.69) is 32.0 Å². The molecule has 0 saturated heterocycles. The molecule has 0 bridgehead atoms. The maximum atomic E-state index is 4.42. The second kappa shape index (κ2) is 4.43. The Kier molecular flexibility index (Phi) is 2.78. The number of hydrogen-bond acceptors (Lipinski definition) is 4. The van der Waals surface area contributed by atoms with E-state index in [-0.39, 0.29) is 0 Å². The Morgan fingerprint density at radius 1 is 1.35 bits per heavy atom. The molecule has 0 N–H and O–H groups in total. The highest BCUT2D eigenvalue weighted by molar-refractivity contribution is 7.13. The summed E-state index contributed by atoms with van der Waals surface area (Å²) >= 11 is 3.45. The first kappa shape index (κ1) is 10.7. The smallest absolute Gasteiger partial charge is 0.150 e. The molecule has 0 radical (unpaired) electrons. The minimum Gasteiger partial charge on any atom is -0.325 e. The molecule has 0 aliphatic heterocycles. The maximum Gasteiger partial charge on any atom is 0.150 e. The van der Waals surface area contributed by atoms with Crippen molar-refractivity contribution < 1.29 is 0 Å². The van der Waals surface area contributed by atoms with Gasteiger partial charge in [-0.25, -0.2) is 9.97 Å². The summed E-state index contributed by atoms with van der Waals surface area (Å²) in [6.45, 7) is 2.88. The van der Waals surface area contributed by atoms with E-state index in [0.717, 1.165) is 17.4 Å². The Balaban J connectivity index is 1.92. The van der Waals surface area contributed by atoms with Crippen LogP contribution in [0.2, 0.25) is 0 Å². The minimum absolute atomic E-state index is 0.846. The average Bonchev–Trinajstić information content (AvgIpc) is 3.00. The van der Waals surface area contributed by atoms with Crippen LogP contribution in [-0.4, -0.2) is 14.5 Å². The van der Waals surface area contributed by atoms with Crippen molar-refractivity contribution >= 4 is 22.7 Å². The monoisotopic (exact) mass is 261 g/mol. The van der Waals surface area contributed by atoms with Crippen LogP contribution in [0.1, 0.15) is 9.88 Å². The zero-order chi connectivity index (χ0) is 11.7. The van der Waals surface area contributed by atoms with Crippen LogP contribution in [-0.2, 0) is 6.54 Å². The van der Waals surface area contributed by atoms with E-state index in [0.29, 0.717) is 0 Å². The van der Waals surface area contributed by atoms with Crippen molar-refractivity contribution in [2.75, 3.05) is 0 Å². The molecular weight excluding hydrogens is 250 g/mol. The van der Waals surface area contributed by atoms with Crippen molar-refractivity contribution in [1.82, 2.24) is 14.5 Å². The number of imidazole rings is 1. The predicted molar refractivity (Wildman–Crippen MR) is 71.5 cm³/mol. The fourth-order valence-corrected chi connectivity index (χ4v) is 3.24. The van der Waals surface area contributed by atoms with E-state index in [1.165, 1.54) is 9.75 Å². The molecule has 0 spiro atoms. The van der Waals surface area contributed by atoms with E-state index in [1.54, 1.807) is 22.7 Å². The van der Waals surface area contributed by atoms with Gasteiger partial charge in [0.05, 0.1) is 16.4 Å². The Bertz CT molecular complexity index is 607. The molecule has 0 amide bonds. The average molecular weight is 261 g/mol. The van der Waals surface area contributed by atoms with Gasteiger partial charge in [0, 0.05) is 23.5 Å². The molecule has 0 unspecified atom stereocenters. The summed E-state index contributed by atoms with van der Waals surface area (Å²) in [5.74, 6) is 1.03. The standard InChI is InChI=1S/C12H11N3S2/c1-9-14-7-10(17-9)8-15-5-4-13-12(15)11-3-2-6-16-11/h2-7H,8H2,1H3.